The first kappa shape index (κ1) is 29.8. The molecule has 3 aromatic rings. The van der Waals surface area contributed by atoms with Crippen molar-refractivity contribution in [1.29, 1.82) is 0 Å². The van der Waals surface area contributed by atoms with Gasteiger partial charge in [-0.3, -0.25) is 9.59 Å². The van der Waals surface area contributed by atoms with Gasteiger partial charge in [0.1, 0.15) is 5.82 Å². The third-order valence-electron chi connectivity index (χ3n) is 10.1. The molecule has 0 aromatic heterocycles. The van der Waals surface area contributed by atoms with Crippen LogP contribution >= 0.6 is 11.6 Å². The van der Waals surface area contributed by atoms with Crippen molar-refractivity contribution in [2.75, 3.05) is 39.3 Å². The van der Waals surface area contributed by atoms with E-state index in [1.807, 2.05) is 42.5 Å². The van der Waals surface area contributed by atoms with Crippen molar-refractivity contribution in [1.82, 2.24) is 15.1 Å². The fourth-order valence-electron chi connectivity index (χ4n) is 7.44. The third kappa shape index (κ3) is 6.09. The van der Waals surface area contributed by atoms with Crippen molar-refractivity contribution in [2.45, 2.75) is 55.8 Å². The van der Waals surface area contributed by atoms with Gasteiger partial charge in [-0.05, 0) is 98.8 Å². The molecule has 43 heavy (non-hydrogen) atoms. The van der Waals surface area contributed by atoms with Gasteiger partial charge in [0.25, 0.3) is 0 Å². The summed E-state index contributed by atoms with van der Waals surface area (Å²) in [4.78, 5) is 32.4. The number of halogens is 2. The van der Waals surface area contributed by atoms with Crippen LogP contribution in [0.3, 0.4) is 0 Å². The van der Waals surface area contributed by atoms with E-state index >= 15 is 0 Å². The summed E-state index contributed by atoms with van der Waals surface area (Å²) in [6, 6.07) is 24.4. The van der Waals surface area contributed by atoms with Gasteiger partial charge >= 0.3 is 0 Å². The average Bonchev–Trinajstić information content (AvgIpc) is 3.78. The second kappa shape index (κ2) is 12.8. The summed E-state index contributed by atoms with van der Waals surface area (Å²) in [5, 5.41) is 3.87. The number of hydrogen-bond acceptors (Lipinski definition) is 3. The molecule has 0 spiro atoms. The highest BCUT2D eigenvalue weighted by Gasteiger charge is 2.61. The van der Waals surface area contributed by atoms with Crippen LogP contribution in [-0.4, -0.2) is 60.9 Å². The molecule has 6 rings (SSSR count). The lowest BCUT2D eigenvalue weighted by Crippen LogP contribution is -2.54. The number of carbonyl (C=O) groups is 2. The maximum atomic E-state index is 14.1. The van der Waals surface area contributed by atoms with Gasteiger partial charge in [0.2, 0.25) is 11.8 Å². The molecule has 226 valence electrons. The summed E-state index contributed by atoms with van der Waals surface area (Å²) < 4.78 is 13.9. The Bertz CT molecular complexity index is 1420. The first-order valence-corrected chi connectivity index (χ1v) is 16.2. The van der Waals surface area contributed by atoms with Crippen LogP contribution in [0, 0.1) is 11.7 Å². The Morgan fingerprint density at radius 3 is 2.21 bits per heavy atom. The van der Waals surface area contributed by atoms with E-state index in [4.69, 9.17) is 11.6 Å². The van der Waals surface area contributed by atoms with E-state index in [0.29, 0.717) is 18.0 Å². The van der Waals surface area contributed by atoms with Crippen LogP contribution in [0.1, 0.15) is 55.2 Å². The smallest absolute Gasteiger partial charge is 0.233 e. The van der Waals surface area contributed by atoms with Crippen LogP contribution in [0.5, 0.6) is 0 Å². The topological polar surface area (TPSA) is 52.7 Å². The minimum Gasteiger partial charge on any atom is -0.355 e. The van der Waals surface area contributed by atoms with Crippen LogP contribution < -0.4 is 5.32 Å². The SMILES string of the molecule is O=C(N1CCCCC1)C1(c2ccccc2)CCN(C[C@@H]2C[C@@]2(C(=O)NCCc2ccccc2Cl)c2ccc(F)cc2)CC1. The highest BCUT2D eigenvalue weighted by Crippen LogP contribution is 2.55. The van der Waals surface area contributed by atoms with E-state index in [-0.39, 0.29) is 23.5 Å². The molecular formula is C36H41ClFN3O2. The van der Waals surface area contributed by atoms with Gasteiger partial charge in [0.15, 0.2) is 0 Å². The molecule has 0 radical (unpaired) electrons. The molecule has 5 nitrogen and oxygen atoms in total. The average molecular weight is 602 g/mol. The van der Waals surface area contributed by atoms with E-state index in [0.717, 1.165) is 81.5 Å². The Labute approximate surface area is 259 Å². The number of amides is 2. The molecule has 2 heterocycles. The fourth-order valence-corrected chi connectivity index (χ4v) is 7.67. The number of piperidine rings is 2. The summed E-state index contributed by atoms with van der Waals surface area (Å²) in [5.74, 6) is 0.0947. The van der Waals surface area contributed by atoms with Crippen molar-refractivity contribution in [3.8, 4) is 0 Å². The van der Waals surface area contributed by atoms with Crippen LogP contribution in [0.2, 0.25) is 5.02 Å². The van der Waals surface area contributed by atoms with Crippen molar-refractivity contribution < 1.29 is 14.0 Å². The number of hydrogen-bond donors (Lipinski definition) is 1. The number of benzene rings is 3. The van der Waals surface area contributed by atoms with E-state index in [2.05, 4.69) is 27.2 Å². The number of likely N-dealkylation sites (tertiary alicyclic amines) is 2. The molecule has 2 saturated heterocycles. The van der Waals surface area contributed by atoms with E-state index < -0.39 is 10.8 Å². The molecule has 1 N–H and O–H groups in total. The number of carbonyl (C=O) groups excluding carboxylic acids is 2. The molecule has 1 saturated carbocycles. The van der Waals surface area contributed by atoms with Gasteiger partial charge in [-0.15, -0.1) is 0 Å². The molecule has 3 aromatic carbocycles. The monoisotopic (exact) mass is 601 g/mol. The highest BCUT2D eigenvalue weighted by atomic mass is 35.5. The summed E-state index contributed by atoms with van der Waals surface area (Å²) in [7, 11) is 0. The lowest BCUT2D eigenvalue weighted by atomic mass is 9.71. The van der Waals surface area contributed by atoms with Crippen molar-refractivity contribution in [3.05, 3.63) is 106 Å². The molecule has 2 atom stereocenters. The summed E-state index contributed by atoms with van der Waals surface area (Å²) in [6.45, 7) is 4.57. The molecule has 3 aliphatic rings. The molecule has 1 aliphatic carbocycles. The normalized spacial score (nSPS) is 23.5. The molecule has 7 heteroatoms. The molecule has 2 amide bonds. The zero-order valence-corrected chi connectivity index (χ0v) is 25.5. The Balaban J connectivity index is 1.15. The van der Waals surface area contributed by atoms with Crippen LogP contribution in [0.25, 0.3) is 0 Å². The zero-order chi connectivity index (χ0) is 29.9. The maximum absolute atomic E-state index is 14.1. The first-order chi connectivity index (χ1) is 20.9. The van der Waals surface area contributed by atoms with E-state index in [9.17, 15) is 14.0 Å². The predicted molar refractivity (Wildman–Crippen MR) is 169 cm³/mol. The maximum Gasteiger partial charge on any atom is 0.233 e. The van der Waals surface area contributed by atoms with Crippen molar-refractivity contribution in [3.63, 3.8) is 0 Å². The van der Waals surface area contributed by atoms with E-state index in [1.54, 1.807) is 12.1 Å². The minimum absolute atomic E-state index is 0.00733. The zero-order valence-electron chi connectivity index (χ0n) is 24.7. The van der Waals surface area contributed by atoms with Gasteiger partial charge in [-0.1, -0.05) is 72.3 Å². The summed E-state index contributed by atoms with van der Waals surface area (Å²) >= 11 is 6.33. The van der Waals surface area contributed by atoms with Gasteiger partial charge in [0, 0.05) is 31.2 Å². The molecule has 3 fully saturated rings. The molecule has 2 aliphatic heterocycles. The number of nitrogens with zero attached hydrogens (tertiary/aromatic N) is 2. The predicted octanol–water partition coefficient (Wildman–Crippen LogP) is 6.14. The standard InChI is InChI=1S/C36H41ClFN3O2/c37-32-12-6-5-9-27(32)17-20-39-33(42)36(29-13-15-31(38)16-14-29)25-30(36)26-40-23-18-35(19-24-40,28-10-3-1-4-11-28)34(43)41-21-7-2-8-22-41/h1,3-6,9-16,30H,2,7-8,17-26H2,(H,39,42)/t30-,36+/m0/s1. The van der Waals surface area contributed by atoms with Crippen molar-refractivity contribution >= 4 is 23.4 Å². The van der Waals surface area contributed by atoms with E-state index in [1.165, 1.54) is 18.6 Å². The number of rotatable bonds is 9. The van der Waals surface area contributed by atoms with Gasteiger partial charge in [-0.25, -0.2) is 4.39 Å². The minimum atomic E-state index is -0.675. The third-order valence-corrected chi connectivity index (χ3v) is 10.4. The summed E-state index contributed by atoms with van der Waals surface area (Å²) in [5.41, 5.74) is 1.82. The van der Waals surface area contributed by atoms with Gasteiger partial charge in [0.05, 0.1) is 10.8 Å². The van der Waals surface area contributed by atoms with Gasteiger partial charge in [-0.2, -0.15) is 0 Å². The van der Waals surface area contributed by atoms with Crippen LogP contribution in [0.15, 0.2) is 78.9 Å². The molecule has 0 unspecified atom stereocenters. The quantitative estimate of drug-likeness (QED) is 0.320. The largest absolute Gasteiger partial charge is 0.355 e. The lowest BCUT2D eigenvalue weighted by molar-refractivity contribution is -0.140. The number of nitrogens with one attached hydrogen (secondary N) is 1. The Morgan fingerprint density at radius 2 is 1.51 bits per heavy atom. The first-order valence-electron chi connectivity index (χ1n) is 15.8. The second-order valence-corrected chi connectivity index (χ2v) is 13.0. The van der Waals surface area contributed by atoms with Crippen LogP contribution in [0.4, 0.5) is 4.39 Å². The lowest BCUT2D eigenvalue weighted by Gasteiger charge is -2.44. The van der Waals surface area contributed by atoms with Crippen LogP contribution in [-0.2, 0) is 26.8 Å². The Kier molecular flexibility index (Phi) is 8.88. The Morgan fingerprint density at radius 1 is 0.837 bits per heavy atom. The summed E-state index contributed by atoms with van der Waals surface area (Å²) in [6.07, 6.45) is 6.27. The fraction of sp³-hybridized carbons (Fsp3) is 0.444. The second-order valence-electron chi connectivity index (χ2n) is 12.6. The Hall–Kier alpha value is -3.22. The molecule has 0 bridgehead atoms. The van der Waals surface area contributed by atoms with Crippen molar-refractivity contribution in [2.24, 2.45) is 5.92 Å². The molecular weight excluding hydrogens is 561 g/mol. The van der Waals surface area contributed by atoms with Gasteiger partial charge < -0.3 is 15.1 Å². The highest BCUT2D eigenvalue weighted by molar-refractivity contribution is 6.31.